The topological polar surface area (TPSA) is 77.0 Å². The van der Waals surface area contributed by atoms with Crippen LogP contribution in [0.2, 0.25) is 0 Å². The van der Waals surface area contributed by atoms with Crippen molar-refractivity contribution in [3.8, 4) is 17.4 Å². The maximum atomic E-state index is 5.72. The minimum absolute atomic E-state index is 0. The van der Waals surface area contributed by atoms with E-state index in [0.717, 1.165) is 22.6 Å². The van der Waals surface area contributed by atoms with Gasteiger partial charge in [0.05, 0.1) is 26.4 Å². The van der Waals surface area contributed by atoms with Crippen LogP contribution in [-0.4, -0.2) is 38.3 Å². The number of pyridine rings is 1. The fraction of sp³-hybridized carbons (Fsp3) is 0.429. The lowest BCUT2D eigenvalue weighted by Gasteiger charge is -2.20. The summed E-state index contributed by atoms with van der Waals surface area (Å²) in [5.74, 6) is 2.79. The lowest BCUT2D eigenvalue weighted by atomic mass is 10.1. The van der Waals surface area contributed by atoms with E-state index in [4.69, 9.17) is 14.2 Å². The molecule has 0 bridgehead atoms. The van der Waals surface area contributed by atoms with Crippen LogP contribution >= 0.6 is 24.0 Å². The van der Waals surface area contributed by atoms with Crippen LogP contribution in [0.3, 0.4) is 0 Å². The Labute approximate surface area is 190 Å². The maximum Gasteiger partial charge on any atom is 0.218 e. The molecule has 1 aromatic carbocycles. The molecule has 2 N–H and O–H groups in total. The molecule has 2 rings (SSSR count). The first kappa shape index (κ1) is 24.8. The molecule has 7 nitrogen and oxygen atoms in total. The first-order chi connectivity index (χ1) is 13.6. The average Bonchev–Trinajstić information content (AvgIpc) is 2.72. The number of nitrogens with zero attached hydrogens (tertiary/aromatic N) is 2. The van der Waals surface area contributed by atoms with Crippen molar-refractivity contribution >= 4 is 29.9 Å². The van der Waals surface area contributed by atoms with Gasteiger partial charge >= 0.3 is 0 Å². The van der Waals surface area contributed by atoms with Crippen molar-refractivity contribution in [3.63, 3.8) is 0 Å². The van der Waals surface area contributed by atoms with Crippen LogP contribution in [-0.2, 0) is 6.54 Å². The van der Waals surface area contributed by atoms with E-state index in [1.165, 1.54) is 0 Å². The third kappa shape index (κ3) is 7.26. The zero-order valence-corrected chi connectivity index (χ0v) is 20.0. The van der Waals surface area contributed by atoms with Gasteiger partial charge in [-0.2, -0.15) is 0 Å². The number of guanidine groups is 1. The predicted octanol–water partition coefficient (Wildman–Crippen LogP) is 3.93. The van der Waals surface area contributed by atoms with Crippen molar-refractivity contribution in [3.05, 3.63) is 47.7 Å². The molecule has 8 heteroatoms. The highest BCUT2D eigenvalue weighted by atomic mass is 127. The predicted molar refractivity (Wildman–Crippen MR) is 127 cm³/mol. The molecule has 1 aromatic heterocycles. The summed E-state index contributed by atoms with van der Waals surface area (Å²) < 4.78 is 16.7. The number of hydrogen-bond donors (Lipinski definition) is 2. The number of aromatic nitrogens is 1. The molecule has 0 spiro atoms. The SMILES string of the molecule is CCOc1ccc(C(C)NC(=NC)NCc2cccnc2OC)cc1OCC.I. The highest BCUT2D eigenvalue weighted by Crippen LogP contribution is 2.30. The monoisotopic (exact) mass is 514 g/mol. The molecule has 0 fully saturated rings. The third-order valence-electron chi connectivity index (χ3n) is 4.13. The summed E-state index contributed by atoms with van der Waals surface area (Å²) in [4.78, 5) is 8.52. The Morgan fingerprint density at radius 3 is 2.52 bits per heavy atom. The molecular formula is C21H31IN4O3. The number of methoxy groups -OCH3 is 1. The van der Waals surface area contributed by atoms with Gasteiger partial charge in [-0.3, -0.25) is 4.99 Å². The van der Waals surface area contributed by atoms with Crippen molar-refractivity contribution in [2.24, 2.45) is 4.99 Å². The number of ether oxygens (including phenoxy) is 3. The Morgan fingerprint density at radius 1 is 1.14 bits per heavy atom. The average molecular weight is 514 g/mol. The van der Waals surface area contributed by atoms with E-state index in [1.807, 2.05) is 44.2 Å². The molecule has 0 aliphatic rings. The second kappa shape index (κ2) is 13.1. The zero-order chi connectivity index (χ0) is 20.4. The molecule has 0 aliphatic carbocycles. The minimum atomic E-state index is 0. The Hall–Kier alpha value is -2.23. The lowest BCUT2D eigenvalue weighted by molar-refractivity contribution is 0.287. The van der Waals surface area contributed by atoms with Crippen LogP contribution in [0.25, 0.3) is 0 Å². The van der Waals surface area contributed by atoms with Gasteiger partial charge in [0.2, 0.25) is 5.88 Å². The molecule has 1 heterocycles. The van der Waals surface area contributed by atoms with Crippen molar-refractivity contribution in [2.75, 3.05) is 27.4 Å². The van der Waals surface area contributed by atoms with Gasteiger partial charge in [-0.15, -0.1) is 24.0 Å². The fourth-order valence-electron chi connectivity index (χ4n) is 2.74. The molecule has 0 amide bonds. The second-order valence-electron chi connectivity index (χ2n) is 6.04. The van der Waals surface area contributed by atoms with Gasteiger partial charge in [0.25, 0.3) is 0 Å². The molecule has 29 heavy (non-hydrogen) atoms. The lowest BCUT2D eigenvalue weighted by Crippen LogP contribution is -2.38. The van der Waals surface area contributed by atoms with Gasteiger partial charge in [0.15, 0.2) is 17.5 Å². The van der Waals surface area contributed by atoms with Crippen LogP contribution in [0.4, 0.5) is 0 Å². The molecule has 0 saturated carbocycles. The molecule has 2 aromatic rings. The van der Waals surface area contributed by atoms with Crippen molar-refractivity contribution in [2.45, 2.75) is 33.4 Å². The number of aliphatic imine (C=N–C) groups is 1. The summed E-state index contributed by atoms with van der Waals surface area (Å²) in [5.41, 5.74) is 2.04. The molecule has 1 unspecified atom stereocenters. The van der Waals surface area contributed by atoms with Crippen molar-refractivity contribution in [1.29, 1.82) is 0 Å². The van der Waals surface area contributed by atoms with Crippen LogP contribution in [0.5, 0.6) is 17.4 Å². The summed E-state index contributed by atoms with van der Waals surface area (Å²) in [6.07, 6.45) is 1.71. The molecule has 1 atom stereocenters. The first-order valence-electron chi connectivity index (χ1n) is 9.47. The summed E-state index contributed by atoms with van der Waals surface area (Å²) in [6.45, 7) is 7.73. The van der Waals surface area contributed by atoms with Crippen LogP contribution in [0, 0.1) is 0 Å². The van der Waals surface area contributed by atoms with E-state index in [9.17, 15) is 0 Å². The van der Waals surface area contributed by atoms with E-state index < -0.39 is 0 Å². The standard InChI is InChI=1S/C21H30N4O3.HI/c1-6-27-18-11-10-16(13-19(18)28-7-2)15(3)25-21(22-4)24-14-17-9-8-12-23-20(17)26-5;/h8-13,15H,6-7,14H2,1-5H3,(H2,22,24,25);1H. The van der Waals surface area contributed by atoms with E-state index in [-0.39, 0.29) is 30.0 Å². The van der Waals surface area contributed by atoms with Crippen LogP contribution in [0.15, 0.2) is 41.5 Å². The van der Waals surface area contributed by atoms with E-state index in [2.05, 4.69) is 27.5 Å². The second-order valence-corrected chi connectivity index (χ2v) is 6.04. The van der Waals surface area contributed by atoms with Gasteiger partial charge in [-0.1, -0.05) is 12.1 Å². The van der Waals surface area contributed by atoms with Crippen LogP contribution in [0.1, 0.15) is 37.9 Å². The van der Waals surface area contributed by atoms with Crippen molar-refractivity contribution < 1.29 is 14.2 Å². The summed E-state index contributed by atoms with van der Waals surface area (Å²) >= 11 is 0. The molecule has 0 saturated heterocycles. The molecule has 160 valence electrons. The first-order valence-corrected chi connectivity index (χ1v) is 9.47. The molecule has 0 aliphatic heterocycles. The number of hydrogen-bond acceptors (Lipinski definition) is 5. The van der Waals surface area contributed by atoms with Gasteiger partial charge in [0.1, 0.15) is 0 Å². The van der Waals surface area contributed by atoms with Crippen molar-refractivity contribution in [1.82, 2.24) is 15.6 Å². The van der Waals surface area contributed by atoms with Gasteiger partial charge in [0, 0.05) is 25.4 Å². The molecule has 0 radical (unpaired) electrons. The Bertz CT molecular complexity index is 786. The van der Waals surface area contributed by atoms with Gasteiger partial charge in [-0.25, -0.2) is 4.98 Å². The van der Waals surface area contributed by atoms with Gasteiger partial charge in [-0.05, 0) is 44.5 Å². The molecular weight excluding hydrogens is 483 g/mol. The highest BCUT2D eigenvalue weighted by molar-refractivity contribution is 14.0. The van der Waals surface area contributed by atoms with Gasteiger partial charge < -0.3 is 24.8 Å². The Balaban J connectivity index is 0.00000420. The van der Waals surface area contributed by atoms with Crippen LogP contribution < -0.4 is 24.8 Å². The summed E-state index contributed by atoms with van der Waals surface area (Å²) in [5, 5.41) is 6.69. The number of nitrogens with one attached hydrogen (secondary N) is 2. The number of benzene rings is 1. The Kier molecular flexibility index (Phi) is 11.2. The maximum absolute atomic E-state index is 5.72. The Morgan fingerprint density at radius 2 is 1.86 bits per heavy atom. The fourth-order valence-corrected chi connectivity index (χ4v) is 2.74. The highest BCUT2D eigenvalue weighted by Gasteiger charge is 2.13. The van der Waals surface area contributed by atoms with E-state index in [1.54, 1.807) is 20.4 Å². The minimum Gasteiger partial charge on any atom is -0.490 e. The zero-order valence-electron chi connectivity index (χ0n) is 17.7. The van der Waals surface area contributed by atoms with E-state index >= 15 is 0 Å². The largest absolute Gasteiger partial charge is 0.490 e. The normalized spacial score (nSPS) is 11.8. The summed E-state index contributed by atoms with van der Waals surface area (Å²) in [7, 11) is 3.36. The third-order valence-corrected chi connectivity index (χ3v) is 4.13. The smallest absolute Gasteiger partial charge is 0.218 e. The quantitative estimate of drug-likeness (QED) is 0.300. The van der Waals surface area contributed by atoms with E-state index in [0.29, 0.717) is 31.6 Å². The number of rotatable bonds is 9. The number of halogens is 1. The summed E-state index contributed by atoms with van der Waals surface area (Å²) in [6, 6.07) is 9.85.